The summed E-state index contributed by atoms with van der Waals surface area (Å²) in [4.78, 5) is 5.36. The predicted molar refractivity (Wildman–Crippen MR) is 77.2 cm³/mol. The summed E-state index contributed by atoms with van der Waals surface area (Å²) in [5.74, 6) is 1.49. The molecule has 2 rings (SSSR count). The number of anilines is 1. The molecule has 0 fully saturated rings. The van der Waals surface area contributed by atoms with Crippen molar-refractivity contribution >= 4 is 23.9 Å². The molecule has 0 aliphatic carbocycles. The molecule has 18 heavy (non-hydrogen) atoms. The Morgan fingerprint density at radius 3 is 2.67 bits per heavy atom. The van der Waals surface area contributed by atoms with Gasteiger partial charge in [-0.3, -0.25) is 0 Å². The number of aryl methyl sites for hydroxylation is 1. The van der Waals surface area contributed by atoms with E-state index >= 15 is 0 Å². The highest BCUT2D eigenvalue weighted by Crippen LogP contribution is 2.17. The van der Waals surface area contributed by atoms with Gasteiger partial charge >= 0.3 is 0 Å². The van der Waals surface area contributed by atoms with Crippen molar-refractivity contribution in [1.29, 1.82) is 0 Å². The zero-order chi connectivity index (χ0) is 13.0. The Morgan fingerprint density at radius 2 is 2.11 bits per heavy atom. The zero-order valence-corrected chi connectivity index (χ0v) is 11.3. The molecule has 4 nitrogen and oxygen atoms in total. The maximum atomic E-state index is 5.70. The minimum Gasteiger partial charge on any atom is -0.368 e. The van der Waals surface area contributed by atoms with Gasteiger partial charge in [0.25, 0.3) is 0 Å². The third-order valence-corrected chi connectivity index (χ3v) is 3.25. The van der Waals surface area contributed by atoms with Crippen LogP contribution < -0.4 is 5.73 Å². The molecule has 2 aromatic rings. The van der Waals surface area contributed by atoms with Gasteiger partial charge in [0.1, 0.15) is 0 Å². The second-order valence-corrected chi connectivity index (χ2v) is 5.17. The zero-order valence-electron chi connectivity index (χ0n) is 10.5. The van der Waals surface area contributed by atoms with Crippen LogP contribution in [0, 0.1) is 6.92 Å². The van der Waals surface area contributed by atoms with Gasteiger partial charge in [-0.1, -0.05) is 19.1 Å². The number of hydrogen-bond donors (Lipinski definition) is 1. The van der Waals surface area contributed by atoms with Gasteiger partial charge in [0, 0.05) is 4.90 Å². The van der Waals surface area contributed by atoms with E-state index in [0.717, 1.165) is 17.0 Å². The number of aromatic nitrogens is 2. The number of rotatable bonds is 4. The summed E-state index contributed by atoms with van der Waals surface area (Å²) in [7, 11) is 0. The standard InChI is InChI=1S/C13H16N4S/c1-3-18-12-6-4-11(5-7-12)8-15-17-9-10(2)16-13(17)14/h4-9H,3H2,1-2H3,(H2,14,16). The molecular weight excluding hydrogens is 244 g/mol. The van der Waals surface area contributed by atoms with E-state index in [4.69, 9.17) is 5.73 Å². The van der Waals surface area contributed by atoms with Crippen LogP contribution in [0.4, 0.5) is 5.95 Å². The van der Waals surface area contributed by atoms with Crippen LogP contribution in [0.15, 0.2) is 40.5 Å². The van der Waals surface area contributed by atoms with E-state index in [0.29, 0.717) is 5.95 Å². The van der Waals surface area contributed by atoms with E-state index in [2.05, 4.69) is 29.1 Å². The van der Waals surface area contributed by atoms with E-state index in [1.54, 1.807) is 17.1 Å². The number of hydrogen-bond acceptors (Lipinski definition) is 4. The Morgan fingerprint density at radius 1 is 1.39 bits per heavy atom. The van der Waals surface area contributed by atoms with Crippen molar-refractivity contribution in [3.8, 4) is 0 Å². The van der Waals surface area contributed by atoms with Gasteiger partial charge in [-0.2, -0.15) is 5.10 Å². The molecule has 1 heterocycles. The van der Waals surface area contributed by atoms with Crippen LogP contribution >= 0.6 is 11.8 Å². The fourth-order valence-corrected chi connectivity index (χ4v) is 2.20. The fraction of sp³-hybridized carbons (Fsp3) is 0.231. The van der Waals surface area contributed by atoms with Crippen molar-refractivity contribution in [2.45, 2.75) is 18.7 Å². The summed E-state index contributed by atoms with van der Waals surface area (Å²) in [6, 6.07) is 8.28. The molecule has 0 saturated heterocycles. The minimum absolute atomic E-state index is 0.405. The molecule has 0 aliphatic rings. The van der Waals surface area contributed by atoms with Crippen LogP contribution in [0.5, 0.6) is 0 Å². The van der Waals surface area contributed by atoms with Crippen LogP contribution in [0.3, 0.4) is 0 Å². The monoisotopic (exact) mass is 260 g/mol. The smallest absolute Gasteiger partial charge is 0.221 e. The van der Waals surface area contributed by atoms with Gasteiger partial charge in [-0.15, -0.1) is 11.8 Å². The Kier molecular flexibility index (Phi) is 4.04. The van der Waals surface area contributed by atoms with Crippen molar-refractivity contribution in [3.05, 3.63) is 41.7 Å². The first-order valence-corrected chi connectivity index (χ1v) is 6.76. The maximum absolute atomic E-state index is 5.70. The predicted octanol–water partition coefficient (Wildman–Crippen LogP) is 2.77. The van der Waals surface area contributed by atoms with E-state index < -0.39 is 0 Å². The van der Waals surface area contributed by atoms with Gasteiger partial charge in [-0.25, -0.2) is 9.66 Å². The summed E-state index contributed by atoms with van der Waals surface area (Å²) >= 11 is 1.82. The topological polar surface area (TPSA) is 56.2 Å². The summed E-state index contributed by atoms with van der Waals surface area (Å²) in [5, 5.41) is 4.27. The third kappa shape index (κ3) is 3.13. The molecule has 94 valence electrons. The molecular formula is C13H16N4S. The Labute approximate surface area is 111 Å². The molecule has 0 amide bonds. The summed E-state index contributed by atoms with van der Waals surface area (Å²) in [6.07, 6.45) is 3.57. The summed E-state index contributed by atoms with van der Waals surface area (Å²) in [5.41, 5.74) is 7.61. The second-order valence-electron chi connectivity index (χ2n) is 3.83. The molecule has 5 heteroatoms. The Hall–Kier alpha value is -1.75. The highest BCUT2D eigenvalue weighted by atomic mass is 32.2. The molecule has 2 N–H and O–H groups in total. The lowest BCUT2D eigenvalue weighted by Gasteiger charge is -1.99. The fourth-order valence-electron chi connectivity index (χ4n) is 1.54. The first kappa shape index (κ1) is 12.7. The van der Waals surface area contributed by atoms with Crippen molar-refractivity contribution in [2.75, 3.05) is 11.5 Å². The molecule has 1 aromatic carbocycles. The van der Waals surface area contributed by atoms with Crippen molar-refractivity contribution in [1.82, 2.24) is 9.66 Å². The van der Waals surface area contributed by atoms with E-state index in [1.165, 1.54) is 4.90 Å². The first-order valence-electron chi connectivity index (χ1n) is 5.77. The van der Waals surface area contributed by atoms with Gasteiger partial charge in [0.15, 0.2) is 0 Å². The number of benzene rings is 1. The summed E-state index contributed by atoms with van der Waals surface area (Å²) < 4.78 is 1.57. The van der Waals surface area contributed by atoms with Crippen LogP contribution in [0.25, 0.3) is 0 Å². The normalized spacial score (nSPS) is 11.2. The van der Waals surface area contributed by atoms with Gasteiger partial charge in [0.05, 0.1) is 18.1 Å². The number of nitrogens with two attached hydrogens (primary N) is 1. The largest absolute Gasteiger partial charge is 0.368 e. The number of nitrogen functional groups attached to an aromatic ring is 1. The van der Waals surface area contributed by atoms with E-state index in [9.17, 15) is 0 Å². The van der Waals surface area contributed by atoms with Crippen LogP contribution in [0.1, 0.15) is 18.2 Å². The Balaban J connectivity index is 2.11. The number of imidazole rings is 1. The molecule has 0 aliphatic heterocycles. The van der Waals surface area contributed by atoms with E-state index in [-0.39, 0.29) is 0 Å². The van der Waals surface area contributed by atoms with Gasteiger partial charge in [-0.05, 0) is 30.4 Å². The van der Waals surface area contributed by atoms with Gasteiger partial charge in [0.2, 0.25) is 5.95 Å². The third-order valence-electron chi connectivity index (χ3n) is 2.36. The van der Waals surface area contributed by atoms with Crippen LogP contribution in [-0.2, 0) is 0 Å². The molecule has 0 radical (unpaired) electrons. The highest BCUT2D eigenvalue weighted by Gasteiger charge is 1.98. The molecule has 0 saturated carbocycles. The SMILES string of the molecule is CCSc1ccc(C=Nn2cc(C)nc2N)cc1. The number of thioether (sulfide) groups is 1. The van der Waals surface area contributed by atoms with Crippen LogP contribution in [0.2, 0.25) is 0 Å². The molecule has 0 spiro atoms. The molecule has 0 bridgehead atoms. The van der Waals surface area contributed by atoms with Crippen molar-refractivity contribution in [2.24, 2.45) is 5.10 Å². The number of nitrogens with zero attached hydrogens (tertiary/aromatic N) is 3. The quantitative estimate of drug-likeness (QED) is 0.679. The average molecular weight is 260 g/mol. The molecule has 1 aromatic heterocycles. The van der Waals surface area contributed by atoms with Crippen molar-refractivity contribution < 1.29 is 0 Å². The van der Waals surface area contributed by atoms with Gasteiger partial charge < -0.3 is 5.73 Å². The lowest BCUT2D eigenvalue weighted by molar-refractivity contribution is 0.897. The summed E-state index contributed by atoms with van der Waals surface area (Å²) in [6.45, 7) is 4.03. The lowest BCUT2D eigenvalue weighted by Crippen LogP contribution is -1.96. The van der Waals surface area contributed by atoms with E-state index in [1.807, 2.05) is 30.8 Å². The lowest BCUT2D eigenvalue weighted by atomic mass is 10.2. The molecule has 0 atom stereocenters. The molecule has 0 unspecified atom stereocenters. The minimum atomic E-state index is 0.405. The van der Waals surface area contributed by atoms with Crippen molar-refractivity contribution in [3.63, 3.8) is 0 Å². The maximum Gasteiger partial charge on any atom is 0.221 e. The highest BCUT2D eigenvalue weighted by molar-refractivity contribution is 7.99. The van der Waals surface area contributed by atoms with Crippen LogP contribution in [-0.4, -0.2) is 21.6 Å². The Bertz CT molecular complexity index is 543. The second kappa shape index (κ2) is 5.73. The first-order chi connectivity index (χ1) is 8.69. The average Bonchev–Trinajstić information content (AvgIpc) is 2.67.